The van der Waals surface area contributed by atoms with Gasteiger partial charge in [-0.05, 0) is 13.0 Å². The molecular weight excluding hydrogens is 194 g/mol. The zero-order chi connectivity index (χ0) is 10.8. The molecule has 1 aromatic heterocycles. The van der Waals surface area contributed by atoms with E-state index in [1.165, 1.54) is 6.20 Å². The number of carboxylic acid groups (broad SMARTS) is 1. The van der Waals surface area contributed by atoms with Gasteiger partial charge in [-0.15, -0.1) is 0 Å². The number of aromatic nitrogens is 2. The second kappa shape index (κ2) is 3.73. The van der Waals surface area contributed by atoms with Crippen molar-refractivity contribution in [2.24, 2.45) is 0 Å². The number of alkyl halides is 2. The second-order valence-electron chi connectivity index (χ2n) is 2.81. The van der Waals surface area contributed by atoms with Crippen LogP contribution in [0.25, 0.3) is 0 Å². The van der Waals surface area contributed by atoms with Crippen LogP contribution in [0.4, 0.5) is 8.78 Å². The second-order valence-corrected chi connectivity index (χ2v) is 2.81. The summed E-state index contributed by atoms with van der Waals surface area (Å²) in [5, 5.41) is 12.0. The molecule has 4 nitrogen and oxygen atoms in total. The summed E-state index contributed by atoms with van der Waals surface area (Å²) in [5.41, 5.74) is -0.359. The smallest absolute Gasteiger partial charge is 0.309 e. The van der Waals surface area contributed by atoms with Gasteiger partial charge in [0.05, 0.1) is 0 Å². The van der Waals surface area contributed by atoms with Crippen LogP contribution in [-0.2, 0) is 17.3 Å². The zero-order valence-corrected chi connectivity index (χ0v) is 7.57. The molecule has 0 saturated carbocycles. The van der Waals surface area contributed by atoms with E-state index in [1.54, 1.807) is 6.92 Å². The number of hydrogen-bond donors (Lipinski definition) is 1. The number of carboxylic acids is 1. The molecule has 0 unspecified atom stereocenters. The molecule has 0 atom stereocenters. The minimum Gasteiger partial charge on any atom is -0.481 e. The van der Waals surface area contributed by atoms with Crippen molar-refractivity contribution in [2.45, 2.75) is 25.8 Å². The lowest BCUT2D eigenvalue weighted by Gasteiger charge is -2.14. The standard InChI is InChI=1S/C8H10F2N2O2/c1-2-12-6(3-4-11-12)8(9,10)5-7(13)14/h3-4H,2,5H2,1H3,(H,13,14). The summed E-state index contributed by atoms with van der Waals surface area (Å²) in [6.07, 6.45) is 0.0211. The van der Waals surface area contributed by atoms with Gasteiger partial charge in [0.15, 0.2) is 0 Å². The van der Waals surface area contributed by atoms with E-state index in [0.717, 1.165) is 10.7 Å². The van der Waals surface area contributed by atoms with E-state index < -0.39 is 18.3 Å². The summed E-state index contributed by atoms with van der Waals surface area (Å²) in [6, 6.07) is 1.13. The van der Waals surface area contributed by atoms with Gasteiger partial charge in [0.1, 0.15) is 12.1 Å². The topological polar surface area (TPSA) is 55.1 Å². The Morgan fingerprint density at radius 1 is 1.71 bits per heavy atom. The van der Waals surface area contributed by atoms with Crippen molar-refractivity contribution in [3.8, 4) is 0 Å². The molecule has 0 bridgehead atoms. The maximum Gasteiger partial charge on any atom is 0.309 e. The molecule has 0 aliphatic carbocycles. The van der Waals surface area contributed by atoms with Gasteiger partial charge in [-0.2, -0.15) is 13.9 Å². The van der Waals surface area contributed by atoms with Crippen LogP contribution in [0.2, 0.25) is 0 Å². The average Bonchev–Trinajstić information content (AvgIpc) is 2.48. The van der Waals surface area contributed by atoms with Crippen LogP contribution >= 0.6 is 0 Å². The summed E-state index contributed by atoms with van der Waals surface area (Å²) in [7, 11) is 0. The number of nitrogens with zero attached hydrogens (tertiary/aromatic N) is 2. The van der Waals surface area contributed by atoms with Gasteiger partial charge >= 0.3 is 5.97 Å². The van der Waals surface area contributed by atoms with E-state index in [2.05, 4.69) is 5.10 Å². The molecule has 14 heavy (non-hydrogen) atoms. The summed E-state index contributed by atoms with van der Waals surface area (Å²) in [4.78, 5) is 10.2. The van der Waals surface area contributed by atoms with E-state index in [4.69, 9.17) is 5.11 Å². The number of carbonyl (C=O) groups is 1. The number of hydrogen-bond acceptors (Lipinski definition) is 2. The molecule has 0 saturated heterocycles. The summed E-state index contributed by atoms with van der Waals surface area (Å²) >= 11 is 0. The monoisotopic (exact) mass is 204 g/mol. The fourth-order valence-corrected chi connectivity index (χ4v) is 1.18. The van der Waals surface area contributed by atoms with Crippen molar-refractivity contribution >= 4 is 5.97 Å². The third-order valence-corrected chi connectivity index (χ3v) is 1.76. The van der Waals surface area contributed by atoms with Crippen LogP contribution in [0.5, 0.6) is 0 Å². The molecule has 0 aliphatic rings. The zero-order valence-electron chi connectivity index (χ0n) is 7.57. The molecule has 0 fully saturated rings. The lowest BCUT2D eigenvalue weighted by molar-refractivity contribution is -0.146. The highest BCUT2D eigenvalue weighted by atomic mass is 19.3. The number of halogens is 2. The molecule has 6 heteroatoms. The van der Waals surface area contributed by atoms with Gasteiger partial charge in [0.2, 0.25) is 0 Å². The fraction of sp³-hybridized carbons (Fsp3) is 0.500. The molecule has 1 heterocycles. The first-order valence-corrected chi connectivity index (χ1v) is 4.09. The van der Waals surface area contributed by atoms with E-state index in [0.29, 0.717) is 0 Å². The maximum absolute atomic E-state index is 13.2. The van der Waals surface area contributed by atoms with E-state index in [-0.39, 0.29) is 12.2 Å². The Morgan fingerprint density at radius 3 is 2.86 bits per heavy atom. The van der Waals surface area contributed by atoms with Crippen LogP contribution in [0.15, 0.2) is 12.3 Å². The first kappa shape index (κ1) is 10.6. The quantitative estimate of drug-likeness (QED) is 0.807. The van der Waals surface area contributed by atoms with Gasteiger partial charge in [-0.25, -0.2) is 0 Å². The lowest BCUT2D eigenvalue weighted by atomic mass is 10.1. The van der Waals surface area contributed by atoms with Gasteiger partial charge in [-0.3, -0.25) is 9.48 Å². The predicted octanol–water partition coefficient (Wildman–Crippen LogP) is 1.47. The molecular formula is C8H10F2N2O2. The van der Waals surface area contributed by atoms with Crippen molar-refractivity contribution < 1.29 is 18.7 Å². The Labute approximate surface area is 79.2 Å². The van der Waals surface area contributed by atoms with Crippen molar-refractivity contribution in [1.82, 2.24) is 9.78 Å². The van der Waals surface area contributed by atoms with Crippen molar-refractivity contribution in [3.05, 3.63) is 18.0 Å². The highest BCUT2D eigenvalue weighted by Gasteiger charge is 2.37. The van der Waals surface area contributed by atoms with Gasteiger partial charge in [0, 0.05) is 12.7 Å². The Bertz CT molecular complexity index is 336. The maximum atomic E-state index is 13.2. The SMILES string of the molecule is CCn1nccc1C(F)(F)CC(=O)O. The minimum atomic E-state index is -3.36. The van der Waals surface area contributed by atoms with Gasteiger partial charge < -0.3 is 5.11 Å². The minimum absolute atomic E-state index is 0.289. The highest BCUT2D eigenvalue weighted by molar-refractivity contribution is 5.68. The van der Waals surface area contributed by atoms with Crippen LogP contribution in [0.1, 0.15) is 19.0 Å². The van der Waals surface area contributed by atoms with Crippen LogP contribution < -0.4 is 0 Å². The highest BCUT2D eigenvalue weighted by Crippen LogP contribution is 2.31. The first-order valence-electron chi connectivity index (χ1n) is 4.09. The fourth-order valence-electron chi connectivity index (χ4n) is 1.18. The molecule has 0 spiro atoms. The molecule has 0 amide bonds. The normalized spacial score (nSPS) is 11.6. The molecule has 1 aromatic rings. The Morgan fingerprint density at radius 2 is 2.36 bits per heavy atom. The molecule has 0 aromatic carbocycles. The first-order chi connectivity index (χ1) is 6.47. The Balaban J connectivity index is 2.96. The van der Waals surface area contributed by atoms with Crippen molar-refractivity contribution in [3.63, 3.8) is 0 Å². The lowest BCUT2D eigenvalue weighted by Crippen LogP contribution is -2.22. The summed E-state index contributed by atoms with van der Waals surface area (Å²) < 4.78 is 27.6. The molecule has 1 rings (SSSR count). The molecule has 0 aliphatic heterocycles. The molecule has 0 radical (unpaired) electrons. The van der Waals surface area contributed by atoms with E-state index in [9.17, 15) is 13.6 Å². The number of aliphatic carboxylic acids is 1. The third-order valence-electron chi connectivity index (χ3n) is 1.76. The van der Waals surface area contributed by atoms with Crippen LogP contribution in [-0.4, -0.2) is 20.9 Å². The largest absolute Gasteiger partial charge is 0.481 e. The van der Waals surface area contributed by atoms with Gasteiger partial charge in [-0.1, -0.05) is 0 Å². The van der Waals surface area contributed by atoms with E-state index in [1.807, 2.05) is 0 Å². The van der Waals surface area contributed by atoms with Crippen LogP contribution in [0.3, 0.4) is 0 Å². The van der Waals surface area contributed by atoms with Crippen molar-refractivity contribution in [2.75, 3.05) is 0 Å². The Hall–Kier alpha value is -1.46. The summed E-state index contributed by atoms with van der Waals surface area (Å²) in [6.45, 7) is 1.95. The molecule has 1 N–H and O–H groups in total. The Kier molecular flexibility index (Phi) is 2.83. The third kappa shape index (κ3) is 2.07. The van der Waals surface area contributed by atoms with Crippen LogP contribution in [0, 0.1) is 0 Å². The van der Waals surface area contributed by atoms with Gasteiger partial charge in [0.25, 0.3) is 5.92 Å². The van der Waals surface area contributed by atoms with E-state index >= 15 is 0 Å². The number of rotatable bonds is 4. The predicted molar refractivity (Wildman–Crippen MR) is 44.0 cm³/mol. The number of aryl methyl sites for hydroxylation is 1. The van der Waals surface area contributed by atoms with Crippen molar-refractivity contribution in [1.29, 1.82) is 0 Å². The molecule has 78 valence electrons. The summed E-state index contributed by atoms with van der Waals surface area (Å²) in [5.74, 6) is -4.89. The average molecular weight is 204 g/mol.